The van der Waals surface area contributed by atoms with E-state index in [9.17, 15) is 27.2 Å². The molecule has 1 aliphatic rings. The first-order valence-electron chi connectivity index (χ1n) is 11.6. The molecule has 192 valence electrons. The average molecular weight is 507 g/mol. The van der Waals surface area contributed by atoms with Gasteiger partial charge in [0.15, 0.2) is 0 Å². The number of hydrogen-bond donors (Lipinski definition) is 1. The van der Waals surface area contributed by atoms with Crippen LogP contribution in [0.4, 0.5) is 17.6 Å². The van der Waals surface area contributed by atoms with E-state index in [0.717, 1.165) is 29.8 Å². The highest BCUT2D eigenvalue weighted by Crippen LogP contribution is 2.35. The second-order valence-electron chi connectivity index (χ2n) is 8.67. The molecule has 1 fully saturated rings. The number of nitrogens with one attached hydrogen (secondary N) is 1. The quantitative estimate of drug-likeness (QED) is 0.483. The van der Waals surface area contributed by atoms with Gasteiger partial charge in [0.05, 0.1) is 29.9 Å². The van der Waals surface area contributed by atoms with Crippen LogP contribution in [-0.4, -0.2) is 52.7 Å². The van der Waals surface area contributed by atoms with Gasteiger partial charge in [-0.1, -0.05) is 6.07 Å². The molecule has 1 unspecified atom stereocenters. The summed E-state index contributed by atoms with van der Waals surface area (Å²) in [6, 6.07) is 5.07. The number of benzene rings is 1. The number of carbonyl (C=O) groups is 2. The third-order valence-corrected chi connectivity index (χ3v) is 6.34. The van der Waals surface area contributed by atoms with Crippen molar-refractivity contribution in [3.63, 3.8) is 0 Å². The van der Waals surface area contributed by atoms with Crippen LogP contribution in [0.25, 0.3) is 10.9 Å². The van der Waals surface area contributed by atoms with E-state index >= 15 is 0 Å². The van der Waals surface area contributed by atoms with Gasteiger partial charge in [-0.2, -0.15) is 13.2 Å². The Labute approximate surface area is 205 Å². The van der Waals surface area contributed by atoms with E-state index in [1.807, 2.05) is 4.57 Å². The first-order valence-corrected chi connectivity index (χ1v) is 11.6. The van der Waals surface area contributed by atoms with Crippen molar-refractivity contribution in [3.05, 3.63) is 65.4 Å². The molecule has 2 amide bonds. The summed E-state index contributed by atoms with van der Waals surface area (Å²) in [5.74, 6) is -2.89. The molecular formula is C25H26F4N4O3. The highest BCUT2D eigenvalue weighted by atomic mass is 19.4. The van der Waals surface area contributed by atoms with Crippen LogP contribution >= 0.6 is 0 Å². The predicted molar refractivity (Wildman–Crippen MR) is 124 cm³/mol. The average Bonchev–Trinajstić information content (AvgIpc) is 3.24. The Morgan fingerprint density at radius 2 is 2.03 bits per heavy atom. The molecule has 3 aromatic rings. The fourth-order valence-corrected chi connectivity index (χ4v) is 4.58. The summed E-state index contributed by atoms with van der Waals surface area (Å²) in [6.45, 7) is 0.970. The van der Waals surface area contributed by atoms with Gasteiger partial charge in [0.1, 0.15) is 5.82 Å². The highest BCUT2D eigenvalue weighted by molar-refractivity contribution is 6.07. The molecule has 1 aliphatic heterocycles. The maximum absolute atomic E-state index is 14.9. The molecule has 2 aromatic heterocycles. The predicted octanol–water partition coefficient (Wildman–Crippen LogP) is 4.37. The molecule has 7 nitrogen and oxygen atoms in total. The zero-order valence-electron chi connectivity index (χ0n) is 19.6. The second kappa shape index (κ2) is 10.7. The lowest BCUT2D eigenvalue weighted by Crippen LogP contribution is -2.39. The first-order chi connectivity index (χ1) is 17.2. The Morgan fingerprint density at radius 1 is 1.22 bits per heavy atom. The van der Waals surface area contributed by atoms with Gasteiger partial charge in [-0.3, -0.25) is 14.6 Å². The van der Waals surface area contributed by atoms with Crippen molar-refractivity contribution in [1.82, 2.24) is 19.8 Å². The fraction of sp³-hybridized carbons (Fsp3) is 0.400. The number of nitrogens with zero attached hydrogens (tertiary/aromatic N) is 3. The van der Waals surface area contributed by atoms with Gasteiger partial charge >= 0.3 is 12.1 Å². The number of amides is 2. The zero-order valence-corrected chi connectivity index (χ0v) is 19.6. The molecule has 3 heterocycles. The largest absolute Gasteiger partial charge is 0.471 e. The SMILES string of the molecule is COCCn1cc(C(=O)N2CCCCC2c2cc(CNC(=O)C(F)(F)F)ccc2F)c2ccncc21. The first kappa shape index (κ1) is 25.6. The number of hydrogen-bond acceptors (Lipinski definition) is 4. The number of methoxy groups -OCH3 is 1. The number of piperidine rings is 1. The molecule has 4 rings (SSSR count). The monoisotopic (exact) mass is 506 g/mol. The highest BCUT2D eigenvalue weighted by Gasteiger charge is 2.38. The molecule has 0 aliphatic carbocycles. The third kappa shape index (κ3) is 5.35. The van der Waals surface area contributed by atoms with Crippen molar-refractivity contribution in [1.29, 1.82) is 0 Å². The van der Waals surface area contributed by atoms with Crippen molar-refractivity contribution in [2.45, 2.75) is 44.6 Å². The summed E-state index contributed by atoms with van der Waals surface area (Å²) in [7, 11) is 1.59. The van der Waals surface area contributed by atoms with Crippen LogP contribution in [0.15, 0.2) is 42.9 Å². The number of rotatable bonds is 7. The Morgan fingerprint density at radius 3 is 2.78 bits per heavy atom. The van der Waals surface area contributed by atoms with E-state index in [2.05, 4.69) is 4.98 Å². The van der Waals surface area contributed by atoms with Crippen molar-refractivity contribution in [2.24, 2.45) is 0 Å². The summed E-state index contributed by atoms with van der Waals surface area (Å²) in [5, 5.41) is 2.52. The summed E-state index contributed by atoms with van der Waals surface area (Å²) in [5.41, 5.74) is 1.76. The number of fused-ring (bicyclic) bond motifs is 1. The van der Waals surface area contributed by atoms with Gasteiger partial charge < -0.3 is 19.5 Å². The Kier molecular flexibility index (Phi) is 7.58. The van der Waals surface area contributed by atoms with E-state index in [-0.39, 0.29) is 11.5 Å². The summed E-state index contributed by atoms with van der Waals surface area (Å²) in [4.78, 5) is 30.7. The van der Waals surface area contributed by atoms with Crippen LogP contribution in [0, 0.1) is 5.82 Å². The van der Waals surface area contributed by atoms with Crippen LogP contribution in [0.2, 0.25) is 0 Å². The zero-order chi connectivity index (χ0) is 25.9. The standard InChI is InChI=1S/C25H26F4N4O3/c1-36-11-10-32-15-19(17-7-8-30-14-22(17)32)23(34)33-9-3-2-4-21(33)18-12-16(5-6-20(18)26)13-31-24(35)25(27,28)29/h5-8,12,14-15,21H,2-4,9-11,13H2,1H3,(H,31,35). The fourth-order valence-electron chi connectivity index (χ4n) is 4.58. The molecule has 1 aromatic carbocycles. The number of halogens is 4. The van der Waals surface area contributed by atoms with E-state index < -0.39 is 30.5 Å². The number of ether oxygens (including phenoxy) is 1. The number of pyridine rings is 1. The van der Waals surface area contributed by atoms with Crippen molar-refractivity contribution in [3.8, 4) is 0 Å². The Hall–Kier alpha value is -3.47. The molecule has 1 N–H and O–H groups in total. The lowest BCUT2D eigenvalue weighted by atomic mass is 9.92. The second-order valence-corrected chi connectivity index (χ2v) is 8.67. The van der Waals surface area contributed by atoms with E-state index in [1.54, 1.807) is 42.0 Å². The number of likely N-dealkylation sites (tertiary alicyclic amines) is 1. The van der Waals surface area contributed by atoms with Gasteiger partial charge in [0.25, 0.3) is 5.91 Å². The Balaban J connectivity index is 1.63. The molecule has 1 saturated heterocycles. The topological polar surface area (TPSA) is 76.5 Å². The van der Waals surface area contributed by atoms with Gasteiger partial charge in [0.2, 0.25) is 0 Å². The van der Waals surface area contributed by atoms with Crippen LogP contribution < -0.4 is 5.32 Å². The summed E-state index contributed by atoms with van der Waals surface area (Å²) in [6.07, 6.45) is 2.04. The minimum Gasteiger partial charge on any atom is -0.383 e. The van der Waals surface area contributed by atoms with Crippen LogP contribution in [0.1, 0.15) is 46.8 Å². The molecule has 11 heteroatoms. The van der Waals surface area contributed by atoms with Gasteiger partial charge in [-0.15, -0.1) is 0 Å². The van der Waals surface area contributed by atoms with Crippen LogP contribution in [-0.2, 0) is 22.6 Å². The number of carbonyl (C=O) groups excluding carboxylic acids is 2. The van der Waals surface area contributed by atoms with Gasteiger partial charge in [-0.05, 0) is 43.0 Å². The molecule has 36 heavy (non-hydrogen) atoms. The lowest BCUT2D eigenvalue weighted by molar-refractivity contribution is -0.173. The molecule has 0 saturated carbocycles. The van der Waals surface area contributed by atoms with E-state index in [4.69, 9.17) is 4.74 Å². The molecule has 0 radical (unpaired) electrons. The smallest absolute Gasteiger partial charge is 0.383 e. The normalized spacial score (nSPS) is 16.4. The molecular weight excluding hydrogens is 480 g/mol. The minimum absolute atomic E-state index is 0.214. The van der Waals surface area contributed by atoms with E-state index in [1.165, 1.54) is 12.1 Å². The van der Waals surface area contributed by atoms with Crippen molar-refractivity contribution < 1.29 is 31.9 Å². The number of aromatic nitrogens is 2. The summed E-state index contributed by atoms with van der Waals surface area (Å²) >= 11 is 0. The molecule has 0 bridgehead atoms. The van der Waals surface area contributed by atoms with Crippen molar-refractivity contribution in [2.75, 3.05) is 20.3 Å². The van der Waals surface area contributed by atoms with Gasteiger partial charge in [-0.25, -0.2) is 4.39 Å². The maximum Gasteiger partial charge on any atom is 0.471 e. The number of alkyl halides is 3. The van der Waals surface area contributed by atoms with Crippen molar-refractivity contribution >= 4 is 22.7 Å². The summed E-state index contributed by atoms with van der Waals surface area (Å²) < 4.78 is 59.6. The minimum atomic E-state index is -5.01. The Bertz CT molecular complexity index is 1260. The van der Waals surface area contributed by atoms with Crippen LogP contribution in [0.5, 0.6) is 0 Å². The van der Waals surface area contributed by atoms with E-state index in [0.29, 0.717) is 37.2 Å². The van der Waals surface area contributed by atoms with Crippen LogP contribution in [0.3, 0.4) is 0 Å². The maximum atomic E-state index is 14.9. The van der Waals surface area contributed by atoms with Gasteiger partial charge in [0, 0.05) is 50.1 Å². The third-order valence-electron chi connectivity index (χ3n) is 6.34. The molecule has 0 spiro atoms. The molecule has 1 atom stereocenters. The lowest BCUT2D eigenvalue weighted by Gasteiger charge is -2.36.